The second kappa shape index (κ2) is 7.87. The highest BCUT2D eigenvalue weighted by molar-refractivity contribution is 6.38. The highest BCUT2D eigenvalue weighted by Crippen LogP contribution is 2.20. The highest BCUT2D eigenvalue weighted by Gasteiger charge is 2.04. The fourth-order valence-corrected chi connectivity index (χ4v) is 1.88. The second-order valence-corrected chi connectivity index (χ2v) is 4.22. The van der Waals surface area contributed by atoms with Crippen LogP contribution in [0, 0.1) is 0 Å². The Labute approximate surface area is 120 Å². The summed E-state index contributed by atoms with van der Waals surface area (Å²) in [5.41, 5.74) is 0.725. The number of benzene rings is 1. The van der Waals surface area contributed by atoms with Crippen molar-refractivity contribution < 1.29 is 14.2 Å². The van der Waals surface area contributed by atoms with E-state index in [0.717, 1.165) is 16.2 Å². The largest absolute Gasteiger partial charge is 0.475 e. The molecule has 0 spiro atoms. The average Bonchev–Trinajstić information content (AvgIpc) is 2.47. The van der Waals surface area contributed by atoms with Crippen molar-refractivity contribution in [1.29, 1.82) is 0 Å². The molecule has 1 aromatic heterocycles. The third-order valence-electron chi connectivity index (χ3n) is 2.85. The summed E-state index contributed by atoms with van der Waals surface area (Å²) in [4.78, 5) is 4.24. The molecule has 104 valence electrons. The van der Waals surface area contributed by atoms with Crippen LogP contribution in [0.3, 0.4) is 0 Å². The topological polar surface area (TPSA) is 40.6 Å². The van der Waals surface area contributed by atoms with Crippen molar-refractivity contribution in [1.82, 2.24) is 4.98 Å². The van der Waals surface area contributed by atoms with Crippen LogP contribution in [0.5, 0.6) is 5.88 Å². The van der Waals surface area contributed by atoms with Gasteiger partial charge in [0.2, 0.25) is 5.88 Å². The van der Waals surface area contributed by atoms with E-state index >= 15 is 0 Å². The van der Waals surface area contributed by atoms with E-state index in [2.05, 4.69) is 4.98 Å². The molecule has 0 unspecified atom stereocenters. The second-order valence-electron chi connectivity index (χ2n) is 4.22. The molecule has 0 amide bonds. The van der Waals surface area contributed by atoms with Crippen LogP contribution >= 0.6 is 0 Å². The van der Waals surface area contributed by atoms with Crippen molar-refractivity contribution in [2.75, 3.05) is 33.0 Å². The normalized spacial score (nSPS) is 10.8. The number of fused-ring (bicyclic) bond motifs is 1. The van der Waals surface area contributed by atoms with Gasteiger partial charge in [-0.2, -0.15) is 0 Å². The summed E-state index contributed by atoms with van der Waals surface area (Å²) >= 11 is 0. The predicted octanol–water partition coefficient (Wildman–Crippen LogP) is 1.46. The lowest BCUT2D eigenvalue weighted by atomic mass is 9.91. The van der Waals surface area contributed by atoms with E-state index in [1.807, 2.05) is 31.2 Å². The van der Waals surface area contributed by atoms with Gasteiger partial charge in [0.15, 0.2) is 0 Å². The Balaban J connectivity index is 1.86. The number of aromatic nitrogens is 1. The quantitative estimate of drug-likeness (QED) is 0.538. The van der Waals surface area contributed by atoms with Gasteiger partial charge in [-0.15, -0.1) is 0 Å². The Hall–Kier alpha value is -1.59. The predicted molar refractivity (Wildman–Crippen MR) is 79.9 cm³/mol. The van der Waals surface area contributed by atoms with Gasteiger partial charge in [-0.3, -0.25) is 0 Å². The van der Waals surface area contributed by atoms with Crippen LogP contribution in [0.2, 0.25) is 0 Å². The summed E-state index contributed by atoms with van der Waals surface area (Å²) in [6.07, 6.45) is 1.70. The van der Waals surface area contributed by atoms with Gasteiger partial charge in [-0.05, 0) is 24.4 Å². The van der Waals surface area contributed by atoms with E-state index < -0.39 is 0 Å². The fourth-order valence-electron chi connectivity index (χ4n) is 1.88. The van der Waals surface area contributed by atoms with Gasteiger partial charge in [0, 0.05) is 18.2 Å². The molecule has 20 heavy (non-hydrogen) atoms. The lowest BCUT2D eigenvalue weighted by Crippen LogP contribution is -2.12. The van der Waals surface area contributed by atoms with Gasteiger partial charge in [-0.1, -0.05) is 17.6 Å². The Morgan fingerprint density at radius 3 is 2.65 bits per heavy atom. The van der Waals surface area contributed by atoms with E-state index in [9.17, 15) is 0 Å². The Bertz CT molecular complexity index is 548. The van der Waals surface area contributed by atoms with Crippen LogP contribution < -0.4 is 10.2 Å². The van der Waals surface area contributed by atoms with Crippen LogP contribution in [0.4, 0.5) is 0 Å². The monoisotopic (exact) mass is 271 g/mol. The smallest absolute Gasteiger partial charge is 0.221 e. The van der Waals surface area contributed by atoms with Crippen LogP contribution in [0.1, 0.15) is 6.92 Å². The minimum absolute atomic E-state index is 0.451. The molecule has 5 heteroatoms. The SMILES string of the molecule is [B]c1cccc2c(OCCOCCOCC)nccc12. The van der Waals surface area contributed by atoms with E-state index in [0.29, 0.717) is 38.9 Å². The van der Waals surface area contributed by atoms with Crippen molar-refractivity contribution in [3.05, 3.63) is 30.5 Å². The standard InChI is InChI=1S/C15H18BNO3/c1-2-18-8-9-19-10-11-20-15-13-4-3-5-14(16)12(13)6-7-17-15/h3-7H,2,8-11H2,1H3. The fraction of sp³-hybridized carbons (Fsp3) is 0.400. The molecule has 2 rings (SSSR count). The zero-order valence-electron chi connectivity index (χ0n) is 11.7. The zero-order valence-corrected chi connectivity index (χ0v) is 11.7. The van der Waals surface area contributed by atoms with Crippen LogP contribution in [0.15, 0.2) is 30.5 Å². The van der Waals surface area contributed by atoms with E-state index in [1.54, 1.807) is 6.20 Å². The lowest BCUT2D eigenvalue weighted by molar-refractivity contribution is 0.0401. The van der Waals surface area contributed by atoms with Crippen molar-refractivity contribution in [3.63, 3.8) is 0 Å². The van der Waals surface area contributed by atoms with E-state index in [4.69, 9.17) is 22.1 Å². The maximum Gasteiger partial charge on any atom is 0.221 e. The molecule has 2 aromatic rings. The summed E-state index contributed by atoms with van der Waals surface area (Å²) in [6, 6.07) is 7.59. The number of nitrogens with zero attached hydrogens (tertiary/aromatic N) is 1. The summed E-state index contributed by atoms with van der Waals surface area (Å²) < 4.78 is 16.2. The van der Waals surface area contributed by atoms with Gasteiger partial charge in [-0.25, -0.2) is 4.98 Å². The maximum atomic E-state index is 5.93. The molecule has 0 N–H and O–H groups in total. The van der Waals surface area contributed by atoms with Gasteiger partial charge >= 0.3 is 0 Å². The van der Waals surface area contributed by atoms with Crippen molar-refractivity contribution in [2.24, 2.45) is 0 Å². The van der Waals surface area contributed by atoms with Gasteiger partial charge in [0.05, 0.1) is 19.8 Å². The lowest BCUT2D eigenvalue weighted by Gasteiger charge is -2.10. The molecule has 0 aliphatic heterocycles. The zero-order chi connectivity index (χ0) is 14.2. The van der Waals surface area contributed by atoms with Crippen LogP contribution in [-0.4, -0.2) is 45.9 Å². The van der Waals surface area contributed by atoms with Gasteiger partial charge in [0.25, 0.3) is 0 Å². The maximum absolute atomic E-state index is 5.93. The molecular formula is C15H18BNO3. The number of rotatable bonds is 8. The minimum Gasteiger partial charge on any atom is -0.475 e. The van der Waals surface area contributed by atoms with Gasteiger partial charge < -0.3 is 14.2 Å². The first kappa shape index (κ1) is 14.8. The average molecular weight is 271 g/mol. The minimum atomic E-state index is 0.451. The summed E-state index contributed by atoms with van der Waals surface area (Å²) in [6.45, 7) is 4.81. The molecule has 4 nitrogen and oxygen atoms in total. The molecule has 0 fully saturated rings. The molecule has 2 radical (unpaired) electrons. The highest BCUT2D eigenvalue weighted by atomic mass is 16.5. The third-order valence-corrected chi connectivity index (χ3v) is 2.85. The molecule has 0 aliphatic rings. The Morgan fingerprint density at radius 1 is 1.00 bits per heavy atom. The van der Waals surface area contributed by atoms with Gasteiger partial charge in [0.1, 0.15) is 14.5 Å². The van der Waals surface area contributed by atoms with Crippen LogP contribution in [-0.2, 0) is 9.47 Å². The Kier molecular flexibility index (Phi) is 5.83. The first-order valence-electron chi connectivity index (χ1n) is 6.74. The summed E-state index contributed by atoms with van der Waals surface area (Å²) in [5.74, 6) is 0.586. The molecule has 0 saturated carbocycles. The van der Waals surface area contributed by atoms with Crippen LogP contribution in [0.25, 0.3) is 10.8 Å². The molecule has 0 saturated heterocycles. The number of ether oxygens (including phenoxy) is 3. The van der Waals surface area contributed by atoms with Crippen molar-refractivity contribution in [2.45, 2.75) is 6.92 Å². The van der Waals surface area contributed by atoms with E-state index in [1.165, 1.54) is 0 Å². The molecule has 0 bridgehead atoms. The number of hydrogen-bond donors (Lipinski definition) is 0. The number of hydrogen-bond acceptors (Lipinski definition) is 4. The number of pyridine rings is 1. The Morgan fingerprint density at radius 2 is 1.80 bits per heavy atom. The first-order chi connectivity index (χ1) is 9.83. The van der Waals surface area contributed by atoms with E-state index in [-0.39, 0.29) is 0 Å². The third kappa shape index (κ3) is 3.95. The molecular weight excluding hydrogens is 253 g/mol. The molecule has 1 heterocycles. The molecule has 0 atom stereocenters. The summed E-state index contributed by atoms with van der Waals surface area (Å²) in [5, 5.41) is 1.87. The molecule has 1 aromatic carbocycles. The van der Waals surface area contributed by atoms with Crippen molar-refractivity contribution >= 4 is 24.1 Å². The first-order valence-corrected chi connectivity index (χ1v) is 6.74. The molecule has 0 aliphatic carbocycles. The van der Waals surface area contributed by atoms with Crippen molar-refractivity contribution in [3.8, 4) is 5.88 Å². The summed E-state index contributed by atoms with van der Waals surface area (Å²) in [7, 11) is 5.93.